The van der Waals surface area contributed by atoms with E-state index in [-0.39, 0.29) is 18.6 Å². The van der Waals surface area contributed by atoms with Gasteiger partial charge < -0.3 is 14.8 Å². The molecule has 1 unspecified atom stereocenters. The van der Waals surface area contributed by atoms with Gasteiger partial charge in [0.05, 0.1) is 12.2 Å². The van der Waals surface area contributed by atoms with E-state index >= 15 is 0 Å². The van der Waals surface area contributed by atoms with Crippen LogP contribution >= 0.6 is 11.6 Å². The van der Waals surface area contributed by atoms with Crippen molar-refractivity contribution in [1.82, 2.24) is 5.32 Å². The number of methoxy groups -OCH3 is 1. The average molecular weight is 282 g/mol. The Hall–Kier alpha value is -1.52. The van der Waals surface area contributed by atoms with Crippen LogP contribution in [0.3, 0.4) is 0 Å². The zero-order valence-corrected chi connectivity index (χ0v) is 11.7. The number of hydrogen-bond acceptors (Lipinski definition) is 3. The van der Waals surface area contributed by atoms with Gasteiger partial charge in [0.1, 0.15) is 12.4 Å². The fourth-order valence-corrected chi connectivity index (χ4v) is 2.07. The number of nitrogens with one attached hydrogen (secondary N) is 1. The maximum Gasteiger partial charge on any atom is 0.250 e. The first-order valence-electron chi connectivity index (χ1n) is 6.03. The van der Waals surface area contributed by atoms with Crippen LogP contribution in [0.4, 0.5) is 0 Å². The highest BCUT2D eigenvalue weighted by atomic mass is 35.5. The van der Waals surface area contributed by atoms with Crippen LogP contribution in [0.2, 0.25) is 5.02 Å². The molecule has 1 atom stereocenters. The summed E-state index contributed by atoms with van der Waals surface area (Å²) >= 11 is 5.93. The van der Waals surface area contributed by atoms with Gasteiger partial charge in [-0.15, -0.1) is 0 Å². The second-order valence-corrected chi connectivity index (χ2v) is 4.91. The van der Waals surface area contributed by atoms with Gasteiger partial charge in [0, 0.05) is 23.7 Å². The van der Waals surface area contributed by atoms with Gasteiger partial charge in [-0.25, -0.2) is 0 Å². The van der Waals surface area contributed by atoms with Crippen LogP contribution in [0.25, 0.3) is 6.08 Å². The smallest absolute Gasteiger partial charge is 0.250 e. The first-order chi connectivity index (χ1) is 9.10. The Morgan fingerprint density at radius 2 is 2.37 bits per heavy atom. The number of fused-ring (bicyclic) bond motifs is 1. The molecule has 1 amide bonds. The molecule has 0 aliphatic carbocycles. The Morgan fingerprint density at radius 1 is 1.58 bits per heavy atom. The highest BCUT2D eigenvalue weighted by Crippen LogP contribution is 2.28. The molecule has 1 heterocycles. The fraction of sp³-hybridized carbons (Fsp3) is 0.357. The molecule has 2 rings (SSSR count). The summed E-state index contributed by atoms with van der Waals surface area (Å²) in [7, 11) is 1.60. The molecule has 102 valence electrons. The number of amides is 1. The highest BCUT2D eigenvalue weighted by Gasteiger charge is 2.18. The molecule has 0 radical (unpaired) electrons. The van der Waals surface area contributed by atoms with Gasteiger partial charge >= 0.3 is 0 Å². The Bertz CT molecular complexity index is 513. The molecule has 0 saturated heterocycles. The third kappa shape index (κ3) is 3.49. The summed E-state index contributed by atoms with van der Waals surface area (Å²) < 4.78 is 10.5. The van der Waals surface area contributed by atoms with E-state index < -0.39 is 0 Å². The van der Waals surface area contributed by atoms with Crippen LogP contribution in [-0.2, 0) is 9.53 Å². The van der Waals surface area contributed by atoms with E-state index in [4.69, 9.17) is 21.1 Å². The maximum absolute atomic E-state index is 12.0. The summed E-state index contributed by atoms with van der Waals surface area (Å²) in [5.41, 5.74) is 1.40. The minimum atomic E-state index is -0.143. The molecule has 1 aliphatic rings. The van der Waals surface area contributed by atoms with Crippen molar-refractivity contribution in [2.24, 2.45) is 0 Å². The normalized spacial score (nSPS) is 15.0. The molecule has 1 aliphatic heterocycles. The molecule has 1 N–H and O–H groups in total. The van der Waals surface area contributed by atoms with Gasteiger partial charge in [-0.05, 0) is 31.2 Å². The van der Waals surface area contributed by atoms with E-state index in [9.17, 15) is 4.79 Å². The lowest BCUT2D eigenvalue weighted by Gasteiger charge is -2.19. The van der Waals surface area contributed by atoms with E-state index in [2.05, 4.69) is 5.32 Å². The zero-order chi connectivity index (χ0) is 13.8. The number of hydrogen-bond donors (Lipinski definition) is 1. The lowest BCUT2D eigenvalue weighted by atomic mass is 10.1. The number of carbonyl (C=O) groups is 1. The average Bonchev–Trinajstić information content (AvgIpc) is 2.38. The van der Waals surface area contributed by atoms with E-state index in [1.165, 1.54) is 0 Å². The van der Waals surface area contributed by atoms with Gasteiger partial charge in [-0.2, -0.15) is 0 Å². The van der Waals surface area contributed by atoms with Crippen LogP contribution in [0.1, 0.15) is 12.5 Å². The summed E-state index contributed by atoms with van der Waals surface area (Å²) in [5.74, 6) is 0.598. The van der Waals surface area contributed by atoms with Crippen molar-refractivity contribution in [1.29, 1.82) is 0 Å². The summed E-state index contributed by atoms with van der Waals surface area (Å²) in [6.45, 7) is 2.62. The van der Waals surface area contributed by atoms with Crippen molar-refractivity contribution in [2.75, 3.05) is 20.3 Å². The molecule has 0 fully saturated rings. The molecular formula is C14H16ClNO3. The van der Waals surface area contributed by atoms with E-state index in [0.717, 1.165) is 11.3 Å². The number of carbonyl (C=O) groups excluding carboxylic acids is 1. The SMILES string of the molecule is COCC(C)NC(=O)C1=Cc2cc(Cl)ccc2OC1. The first-order valence-corrected chi connectivity index (χ1v) is 6.40. The minimum Gasteiger partial charge on any atom is -0.488 e. The number of ether oxygens (including phenoxy) is 2. The van der Waals surface area contributed by atoms with Gasteiger partial charge in [0.2, 0.25) is 0 Å². The van der Waals surface area contributed by atoms with Crippen molar-refractivity contribution in [3.05, 3.63) is 34.4 Å². The minimum absolute atomic E-state index is 0.0424. The van der Waals surface area contributed by atoms with E-state index in [1.807, 2.05) is 6.92 Å². The van der Waals surface area contributed by atoms with E-state index in [0.29, 0.717) is 17.2 Å². The standard InChI is InChI=1S/C14H16ClNO3/c1-9(7-18-2)16-14(17)11-5-10-6-12(15)3-4-13(10)19-8-11/h3-6,9H,7-8H2,1-2H3,(H,16,17). The van der Waals surface area contributed by atoms with Gasteiger partial charge in [-0.3, -0.25) is 4.79 Å². The lowest BCUT2D eigenvalue weighted by Crippen LogP contribution is -2.37. The van der Waals surface area contributed by atoms with Gasteiger partial charge in [-0.1, -0.05) is 11.6 Å². The Kier molecular flexibility index (Phi) is 4.45. The molecule has 0 saturated carbocycles. The molecule has 0 spiro atoms. The van der Waals surface area contributed by atoms with Crippen LogP contribution in [0, 0.1) is 0 Å². The monoisotopic (exact) mass is 281 g/mol. The zero-order valence-electron chi connectivity index (χ0n) is 10.9. The van der Waals surface area contributed by atoms with Gasteiger partial charge in [0.15, 0.2) is 0 Å². The predicted octanol–water partition coefficient (Wildman–Crippen LogP) is 2.27. The predicted molar refractivity (Wildman–Crippen MR) is 74.4 cm³/mol. The topological polar surface area (TPSA) is 47.6 Å². The van der Waals surface area contributed by atoms with Crippen LogP contribution in [-0.4, -0.2) is 32.3 Å². The molecule has 0 bridgehead atoms. The highest BCUT2D eigenvalue weighted by molar-refractivity contribution is 6.30. The number of benzene rings is 1. The third-order valence-corrected chi connectivity index (χ3v) is 3.01. The van der Waals surface area contributed by atoms with Crippen molar-refractivity contribution < 1.29 is 14.3 Å². The lowest BCUT2D eigenvalue weighted by molar-refractivity contribution is -0.118. The Morgan fingerprint density at radius 3 is 3.11 bits per heavy atom. The quantitative estimate of drug-likeness (QED) is 0.921. The third-order valence-electron chi connectivity index (χ3n) is 2.77. The largest absolute Gasteiger partial charge is 0.488 e. The molecule has 1 aromatic carbocycles. The summed E-state index contributed by atoms with van der Waals surface area (Å²) in [4.78, 5) is 12.0. The van der Waals surface area contributed by atoms with Crippen molar-refractivity contribution in [2.45, 2.75) is 13.0 Å². The van der Waals surface area contributed by atoms with Crippen LogP contribution < -0.4 is 10.1 Å². The number of rotatable bonds is 4. The van der Waals surface area contributed by atoms with Gasteiger partial charge in [0.25, 0.3) is 5.91 Å². The molecule has 5 heteroatoms. The van der Waals surface area contributed by atoms with Crippen molar-refractivity contribution in [3.63, 3.8) is 0 Å². The van der Waals surface area contributed by atoms with E-state index in [1.54, 1.807) is 31.4 Å². The fourth-order valence-electron chi connectivity index (χ4n) is 1.89. The summed E-state index contributed by atoms with van der Waals surface area (Å²) in [6.07, 6.45) is 1.81. The molecular weight excluding hydrogens is 266 g/mol. The first kappa shape index (κ1) is 13.9. The molecule has 1 aromatic rings. The Labute approximate surface area is 117 Å². The number of halogens is 1. The van der Waals surface area contributed by atoms with Crippen molar-refractivity contribution in [3.8, 4) is 5.75 Å². The Balaban J connectivity index is 2.12. The second kappa shape index (κ2) is 6.08. The molecule has 19 heavy (non-hydrogen) atoms. The summed E-state index contributed by atoms with van der Waals surface area (Å²) in [5, 5.41) is 3.47. The molecule has 4 nitrogen and oxygen atoms in total. The van der Waals surface area contributed by atoms with Crippen molar-refractivity contribution >= 4 is 23.6 Å². The molecule has 0 aromatic heterocycles. The second-order valence-electron chi connectivity index (χ2n) is 4.47. The summed E-state index contributed by atoms with van der Waals surface area (Å²) in [6, 6.07) is 5.30. The maximum atomic E-state index is 12.0. The van der Waals surface area contributed by atoms with Crippen LogP contribution in [0.15, 0.2) is 23.8 Å². The van der Waals surface area contributed by atoms with Crippen LogP contribution in [0.5, 0.6) is 5.75 Å².